The minimum atomic E-state index is -0.919. The van der Waals surface area contributed by atoms with Gasteiger partial charge in [0.25, 0.3) is 0 Å². The highest BCUT2D eigenvalue weighted by molar-refractivity contribution is 5.94. The number of aliphatic carboxylic acids is 1. The Morgan fingerprint density at radius 2 is 1.90 bits per heavy atom. The zero-order valence-corrected chi connectivity index (χ0v) is 12.5. The highest BCUT2D eigenvalue weighted by Gasteiger charge is 2.18. The van der Waals surface area contributed by atoms with Gasteiger partial charge in [-0.1, -0.05) is 31.5 Å². The molecule has 0 fully saturated rings. The predicted molar refractivity (Wildman–Crippen MR) is 81.4 cm³/mol. The summed E-state index contributed by atoms with van der Waals surface area (Å²) in [6.07, 6.45) is 1.27. The predicted octanol–water partition coefficient (Wildman–Crippen LogP) is 1.91. The van der Waals surface area contributed by atoms with Crippen LogP contribution < -0.4 is 10.2 Å². The van der Waals surface area contributed by atoms with Crippen molar-refractivity contribution in [2.24, 2.45) is 0 Å². The van der Waals surface area contributed by atoms with Gasteiger partial charge in [-0.2, -0.15) is 0 Å². The summed E-state index contributed by atoms with van der Waals surface area (Å²) < 4.78 is 0. The number of nitrogens with one attached hydrogen (secondary N) is 1. The summed E-state index contributed by atoms with van der Waals surface area (Å²) in [4.78, 5) is 24.4. The van der Waals surface area contributed by atoms with Crippen LogP contribution in [0.2, 0.25) is 0 Å². The second kappa shape index (κ2) is 9.34. The zero-order chi connectivity index (χ0) is 14.3. The third-order valence-electron chi connectivity index (χ3n) is 2.89. The van der Waals surface area contributed by atoms with E-state index >= 15 is 0 Å². The van der Waals surface area contributed by atoms with Crippen LogP contribution in [0.4, 0.5) is 5.69 Å². The molecule has 0 aliphatic carbocycles. The molecule has 112 valence electrons. The molecule has 0 spiro atoms. The molecule has 0 saturated carbocycles. The largest absolute Gasteiger partial charge is 0.480 e. The Morgan fingerprint density at radius 3 is 2.40 bits per heavy atom. The molecule has 6 heteroatoms. The maximum absolute atomic E-state index is 11.9. The topological polar surface area (TPSA) is 69.6 Å². The van der Waals surface area contributed by atoms with Gasteiger partial charge >= 0.3 is 5.97 Å². The second-order valence-electron chi connectivity index (χ2n) is 4.35. The van der Waals surface area contributed by atoms with Crippen molar-refractivity contribution in [1.82, 2.24) is 5.32 Å². The van der Waals surface area contributed by atoms with E-state index in [0.29, 0.717) is 6.42 Å². The minimum absolute atomic E-state index is 0. The molecule has 2 N–H and O–H groups in total. The van der Waals surface area contributed by atoms with Crippen molar-refractivity contribution < 1.29 is 14.7 Å². The van der Waals surface area contributed by atoms with Crippen LogP contribution in [0.3, 0.4) is 0 Å². The van der Waals surface area contributed by atoms with Crippen LogP contribution >= 0.6 is 12.4 Å². The van der Waals surface area contributed by atoms with Gasteiger partial charge < -0.3 is 10.0 Å². The molecular formula is C14H21ClN2O3. The summed E-state index contributed by atoms with van der Waals surface area (Å²) in [5.41, 5.74) is 0.789. The lowest BCUT2D eigenvalue weighted by atomic mass is 10.1. The van der Waals surface area contributed by atoms with E-state index in [2.05, 4.69) is 5.32 Å². The maximum atomic E-state index is 11.9. The first-order chi connectivity index (χ1) is 9.06. The Labute approximate surface area is 125 Å². The quantitative estimate of drug-likeness (QED) is 0.807. The molecule has 1 unspecified atom stereocenters. The van der Waals surface area contributed by atoms with E-state index in [1.807, 2.05) is 37.3 Å². The summed E-state index contributed by atoms with van der Waals surface area (Å²) in [6, 6.07) is 8.57. The van der Waals surface area contributed by atoms with Crippen LogP contribution in [0.25, 0.3) is 0 Å². The molecule has 1 aromatic carbocycles. The lowest BCUT2D eigenvalue weighted by Gasteiger charge is -2.19. The number of benzene rings is 1. The number of para-hydroxylation sites is 1. The van der Waals surface area contributed by atoms with Crippen LogP contribution in [0.15, 0.2) is 30.3 Å². The molecule has 0 heterocycles. The van der Waals surface area contributed by atoms with E-state index in [4.69, 9.17) is 5.11 Å². The molecule has 20 heavy (non-hydrogen) atoms. The van der Waals surface area contributed by atoms with Crippen molar-refractivity contribution in [3.8, 4) is 0 Å². The Kier molecular flexibility index (Phi) is 8.59. The first-order valence-electron chi connectivity index (χ1n) is 6.34. The van der Waals surface area contributed by atoms with Crippen LogP contribution in [0, 0.1) is 0 Å². The van der Waals surface area contributed by atoms with Crippen molar-refractivity contribution in [2.75, 3.05) is 18.5 Å². The Morgan fingerprint density at radius 1 is 1.30 bits per heavy atom. The number of carboxylic acids is 1. The van der Waals surface area contributed by atoms with Crippen LogP contribution in [0.1, 0.15) is 19.8 Å². The van der Waals surface area contributed by atoms with E-state index < -0.39 is 12.0 Å². The third kappa shape index (κ3) is 5.59. The Hall–Kier alpha value is -1.59. The molecule has 0 aromatic heterocycles. The first-order valence-corrected chi connectivity index (χ1v) is 6.34. The molecule has 1 rings (SSSR count). The number of nitrogens with zero attached hydrogens (tertiary/aromatic N) is 1. The van der Waals surface area contributed by atoms with Crippen LogP contribution in [-0.4, -0.2) is 36.6 Å². The Balaban J connectivity index is 0.00000361. The first kappa shape index (κ1) is 18.4. The molecule has 0 aliphatic rings. The summed E-state index contributed by atoms with van der Waals surface area (Å²) in [6.45, 7) is 1.93. The van der Waals surface area contributed by atoms with E-state index in [0.717, 1.165) is 12.1 Å². The number of amides is 1. The maximum Gasteiger partial charge on any atom is 0.320 e. The van der Waals surface area contributed by atoms with Crippen molar-refractivity contribution in [3.05, 3.63) is 30.3 Å². The van der Waals surface area contributed by atoms with Gasteiger partial charge in [-0.3, -0.25) is 14.9 Å². The molecule has 1 amide bonds. The highest BCUT2D eigenvalue weighted by Crippen LogP contribution is 2.10. The molecule has 0 saturated heterocycles. The molecule has 1 atom stereocenters. The smallest absolute Gasteiger partial charge is 0.320 e. The van der Waals surface area contributed by atoms with Gasteiger partial charge in [-0.15, -0.1) is 12.4 Å². The van der Waals surface area contributed by atoms with E-state index in [1.54, 1.807) is 7.05 Å². The zero-order valence-electron chi connectivity index (χ0n) is 11.7. The average Bonchev–Trinajstić information content (AvgIpc) is 2.42. The standard InChI is InChI=1S/C14H20N2O3.ClH/c1-3-7-12(14(18)19)15-10-13(17)16(2)11-8-5-4-6-9-11;/h4-6,8-9,12,15H,3,7,10H2,1-2H3,(H,18,19);1H. The Bertz CT molecular complexity index is 426. The lowest BCUT2D eigenvalue weighted by Crippen LogP contribution is -2.43. The van der Waals surface area contributed by atoms with Crippen LogP contribution in [0.5, 0.6) is 0 Å². The number of carboxylic acid groups (broad SMARTS) is 1. The normalized spacial score (nSPS) is 11.3. The number of likely N-dealkylation sites (N-methyl/N-ethyl adjacent to an activating group) is 1. The molecule has 1 aromatic rings. The van der Waals surface area contributed by atoms with Gasteiger partial charge in [0.15, 0.2) is 0 Å². The molecular weight excluding hydrogens is 280 g/mol. The summed E-state index contributed by atoms with van der Waals surface area (Å²) >= 11 is 0. The van der Waals surface area contributed by atoms with E-state index in [9.17, 15) is 9.59 Å². The molecule has 5 nitrogen and oxygen atoms in total. The number of carbonyl (C=O) groups excluding carboxylic acids is 1. The third-order valence-corrected chi connectivity index (χ3v) is 2.89. The fraction of sp³-hybridized carbons (Fsp3) is 0.429. The fourth-order valence-corrected chi connectivity index (χ4v) is 1.73. The SMILES string of the molecule is CCCC(NCC(=O)N(C)c1ccccc1)C(=O)O.Cl. The van der Waals surface area contributed by atoms with Gasteiger partial charge in [-0.05, 0) is 18.6 Å². The van der Waals surface area contributed by atoms with Crippen LogP contribution in [-0.2, 0) is 9.59 Å². The number of halogens is 1. The summed E-state index contributed by atoms with van der Waals surface area (Å²) in [5.74, 6) is -1.08. The summed E-state index contributed by atoms with van der Waals surface area (Å²) in [7, 11) is 1.68. The van der Waals surface area contributed by atoms with Gasteiger partial charge in [-0.25, -0.2) is 0 Å². The van der Waals surface area contributed by atoms with Crippen molar-refractivity contribution in [1.29, 1.82) is 0 Å². The molecule has 0 bridgehead atoms. The highest BCUT2D eigenvalue weighted by atomic mass is 35.5. The van der Waals surface area contributed by atoms with Gasteiger partial charge in [0.1, 0.15) is 6.04 Å². The monoisotopic (exact) mass is 300 g/mol. The van der Waals surface area contributed by atoms with Crippen molar-refractivity contribution in [3.63, 3.8) is 0 Å². The van der Waals surface area contributed by atoms with Crippen molar-refractivity contribution >= 4 is 30.0 Å². The summed E-state index contributed by atoms with van der Waals surface area (Å²) in [5, 5.41) is 11.8. The van der Waals surface area contributed by atoms with Crippen molar-refractivity contribution in [2.45, 2.75) is 25.8 Å². The number of hydrogen-bond donors (Lipinski definition) is 2. The van der Waals surface area contributed by atoms with E-state index in [-0.39, 0.29) is 24.9 Å². The molecule has 0 radical (unpaired) electrons. The number of hydrogen-bond acceptors (Lipinski definition) is 3. The van der Waals surface area contributed by atoms with Gasteiger partial charge in [0.2, 0.25) is 5.91 Å². The average molecular weight is 301 g/mol. The second-order valence-corrected chi connectivity index (χ2v) is 4.35. The minimum Gasteiger partial charge on any atom is -0.480 e. The van der Waals surface area contributed by atoms with Gasteiger partial charge in [0.05, 0.1) is 6.54 Å². The number of carbonyl (C=O) groups is 2. The number of anilines is 1. The number of rotatable bonds is 7. The lowest BCUT2D eigenvalue weighted by molar-refractivity contribution is -0.139. The van der Waals surface area contributed by atoms with E-state index in [1.165, 1.54) is 4.90 Å². The molecule has 0 aliphatic heterocycles. The van der Waals surface area contributed by atoms with Gasteiger partial charge in [0, 0.05) is 12.7 Å². The fourth-order valence-electron chi connectivity index (χ4n) is 1.73.